The molecule has 0 saturated carbocycles. The number of aryl methyl sites for hydroxylation is 2. The molecule has 2 N–H and O–H groups in total. The van der Waals surface area contributed by atoms with Crippen molar-refractivity contribution in [1.82, 2.24) is 34.1 Å². The number of para-hydroxylation sites is 1. The van der Waals surface area contributed by atoms with Crippen LogP contribution in [-0.4, -0.2) is 34.1 Å². The lowest BCUT2D eigenvalue weighted by Crippen LogP contribution is -2.29. The van der Waals surface area contributed by atoms with Crippen LogP contribution in [0.2, 0.25) is 0 Å². The van der Waals surface area contributed by atoms with Crippen molar-refractivity contribution in [3.63, 3.8) is 0 Å². The molecule has 0 spiro atoms. The first-order chi connectivity index (χ1) is 17.0. The predicted molar refractivity (Wildman–Crippen MR) is 132 cm³/mol. The van der Waals surface area contributed by atoms with Gasteiger partial charge in [-0.3, -0.25) is 9.36 Å². The molecule has 5 heterocycles. The maximum absolute atomic E-state index is 13.6. The van der Waals surface area contributed by atoms with Gasteiger partial charge < -0.3 is 14.7 Å². The quantitative estimate of drug-likeness (QED) is 0.391. The number of oxazole rings is 1. The maximum Gasteiger partial charge on any atom is 0.282 e. The van der Waals surface area contributed by atoms with Gasteiger partial charge in [0.25, 0.3) is 5.56 Å². The van der Waals surface area contributed by atoms with Crippen molar-refractivity contribution in [3.8, 4) is 17.0 Å². The molecule has 10 heteroatoms. The van der Waals surface area contributed by atoms with Crippen LogP contribution >= 0.6 is 0 Å². The summed E-state index contributed by atoms with van der Waals surface area (Å²) in [5.74, 6) is 2.32. The molecule has 0 bridgehead atoms. The highest BCUT2D eigenvalue weighted by Gasteiger charge is 2.22. The Labute approximate surface area is 199 Å². The van der Waals surface area contributed by atoms with E-state index in [0.29, 0.717) is 34.5 Å². The van der Waals surface area contributed by atoms with E-state index < -0.39 is 0 Å². The van der Waals surface area contributed by atoms with E-state index in [9.17, 15) is 4.79 Å². The lowest BCUT2D eigenvalue weighted by molar-refractivity contribution is 0.535. The van der Waals surface area contributed by atoms with Crippen LogP contribution in [-0.2, 0) is 0 Å². The highest BCUT2D eigenvalue weighted by atomic mass is 16.4. The van der Waals surface area contributed by atoms with Crippen molar-refractivity contribution in [2.75, 3.05) is 5.32 Å². The molecule has 6 aromatic rings. The van der Waals surface area contributed by atoms with Crippen LogP contribution in [0, 0.1) is 13.8 Å². The van der Waals surface area contributed by atoms with Crippen molar-refractivity contribution in [2.45, 2.75) is 26.8 Å². The molecular formula is C25H22N8O2. The Morgan fingerprint density at radius 3 is 2.69 bits per heavy atom. The van der Waals surface area contributed by atoms with Crippen LogP contribution in [0.4, 0.5) is 5.82 Å². The summed E-state index contributed by atoms with van der Waals surface area (Å²) in [5, 5.41) is 9.03. The molecule has 0 saturated heterocycles. The van der Waals surface area contributed by atoms with Gasteiger partial charge in [-0.25, -0.2) is 19.5 Å². The Balaban J connectivity index is 1.50. The summed E-state index contributed by atoms with van der Waals surface area (Å²) in [5.41, 5.74) is 3.47. The van der Waals surface area contributed by atoms with Gasteiger partial charge in [-0.2, -0.15) is 5.10 Å². The molecule has 10 nitrogen and oxygen atoms in total. The van der Waals surface area contributed by atoms with Gasteiger partial charge in [0.1, 0.15) is 23.3 Å². The summed E-state index contributed by atoms with van der Waals surface area (Å²) in [6.07, 6.45) is 6.79. The van der Waals surface area contributed by atoms with Crippen LogP contribution in [0.15, 0.2) is 70.5 Å². The first-order valence-corrected chi connectivity index (χ1v) is 11.2. The number of aromatic nitrogens is 7. The predicted octanol–water partition coefficient (Wildman–Crippen LogP) is 4.20. The molecule has 5 aromatic heterocycles. The fourth-order valence-corrected chi connectivity index (χ4v) is 4.36. The van der Waals surface area contributed by atoms with Crippen LogP contribution < -0.4 is 10.9 Å². The number of hydrogen-bond acceptors (Lipinski definition) is 7. The van der Waals surface area contributed by atoms with E-state index in [2.05, 4.69) is 25.3 Å². The number of H-pyrrole nitrogens is 1. The zero-order valence-corrected chi connectivity index (χ0v) is 19.4. The molecule has 0 radical (unpaired) electrons. The fraction of sp³-hybridized carbons (Fsp3) is 0.160. The standard InChI is InChI=1S/C25H22N8O2/c1-14-9-10-32-21(14)25(34)33(17-7-5-4-6-8-17)24(31-32)15(2)30-23-20-18(19-12-26-16(3)35-19)11-27-22(20)28-13-29-23/h4-13,15H,1-3H3,(H2,27,28,29,30)/t15-/m0/s1. The van der Waals surface area contributed by atoms with Crippen LogP contribution in [0.5, 0.6) is 0 Å². The molecule has 174 valence electrons. The van der Waals surface area contributed by atoms with E-state index in [4.69, 9.17) is 9.52 Å². The van der Waals surface area contributed by atoms with E-state index in [1.165, 1.54) is 6.33 Å². The topological polar surface area (TPSA) is 119 Å². The van der Waals surface area contributed by atoms with Crippen LogP contribution in [0.25, 0.3) is 33.6 Å². The first kappa shape index (κ1) is 20.8. The third-order valence-electron chi connectivity index (χ3n) is 6.02. The van der Waals surface area contributed by atoms with E-state index in [-0.39, 0.29) is 11.6 Å². The molecule has 0 aliphatic heterocycles. The SMILES string of the molecule is Cc1ncc(-c2c[nH]c3ncnc(N[C@@H](C)c4nn5ccc(C)c5c(=O)n4-c4ccccc4)c23)o1. The molecule has 6 rings (SSSR count). The Kier molecular flexibility index (Phi) is 4.73. The number of hydrogen-bond donors (Lipinski definition) is 2. The van der Waals surface area contributed by atoms with Crippen molar-refractivity contribution >= 4 is 22.4 Å². The van der Waals surface area contributed by atoms with Crippen molar-refractivity contribution in [1.29, 1.82) is 0 Å². The molecule has 0 aliphatic carbocycles. The Hall–Kier alpha value is -4.73. The summed E-state index contributed by atoms with van der Waals surface area (Å²) in [7, 11) is 0. The normalized spacial score (nSPS) is 12.4. The molecule has 0 aliphatic rings. The minimum atomic E-state index is -0.382. The van der Waals surface area contributed by atoms with Crippen molar-refractivity contribution in [2.24, 2.45) is 0 Å². The second-order valence-corrected chi connectivity index (χ2v) is 8.38. The second-order valence-electron chi connectivity index (χ2n) is 8.38. The molecular weight excluding hydrogens is 444 g/mol. The number of benzene rings is 1. The van der Waals surface area contributed by atoms with Crippen LogP contribution in [0.1, 0.15) is 30.2 Å². The molecule has 0 unspecified atom stereocenters. The van der Waals surface area contributed by atoms with Crippen molar-refractivity contribution < 1.29 is 4.42 Å². The summed E-state index contributed by atoms with van der Waals surface area (Å²) >= 11 is 0. The number of rotatable bonds is 5. The monoisotopic (exact) mass is 466 g/mol. The average Bonchev–Trinajstić information content (AvgIpc) is 3.58. The van der Waals surface area contributed by atoms with Gasteiger partial charge in [-0.15, -0.1) is 0 Å². The Bertz CT molecular complexity index is 1740. The van der Waals surface area contributed by atoms with Crippen LogP contribution in [0.3, 0.4) is 0 Å². The van der Waals surface area contributed by atoms with Gasteiger partial charge in [-0.05, 0) is 37.6 Å². The maximum atomic E-state index is 13.6. The number of aromatic amines is 1. The molecule has 0 fully saturated rings. The highest BCUT2D eigenvalue weighted by molar-refractivity contribution is 5.99. The largest absolute Gasteiger partial charge is 0.441 e. The van der Waals surface area contributed by atoms with Crippen molar-refractivity contribution in [3.05, 3.63) is 88.9 Å². The van der Waals surface area contributed by atoms with E-state index in [1.807, 2.05) is 56.4 Å². The molecule has 0 amide bonds. The summed E-state index contributed by atoms with van der Waals surface area (Å²) in [4.78, 5) is 29.9. The lowest BCUT2D eigenvalue weighted by Gasteiger charge is -2.20. The Morgan fingerprint density at radius 1 is 1.09 bits per heavy atom. The van der Waals surface area contributed by atoms with Gasteiger partial charge in [0.05, 0.1) is 23.3 Å². The Morgan fingerprint density at radius 2 is 1.91 bits per heavy atom. The number of nitrogens with one attached hydrogen (secondary N) is 2. The van der Waals surface area contributed by atoms with Gasteiger partial charge >= 0.3 is 0 Å². The number of fused-ring (bicyclic) bond motifs is 2. The summed E-state index contributed by atoms with van der Waals surface area (Å²) in [6.45, 7) is 5.65. The van der Waals surface area contributed by atoms with Gasteiger partial charge in [0.15, 0.2) is 17.5 Å². The molecule has 1 aromatic carbocycles. The van der Waals surface area contributed by atoms with E-state index >= 15 is 0 Å². The average molecular weight is 467 g/mol. The number of anilines is 1. The summed E-state index contributed by atoms with van der Waals surface area (Å²) < 4.78 is 9.04. The highest BCUT2D eigenvalue weighted by Crippen LogP contribution is 2.33. The lowest BCUT2D eigenvalue weighted by atomic mass is 10.2. The number of nitrogens with zero attached hydrogens (tertiary/aromatic N) is 6. The fourth-order valence-electron chi connectivity index (χ4n) is 4.36. The second kappa shape index (κ2) is 7.94. The first-order valence-electron chi connectivity index (χ1n) is 11.2. The zero-order valence-electron chi connectivity index (χ0n) is 19.4. The van der Waals surface area contributed by atoms with Gasteiger partial charge in [0, 0.05) is 24.9 Å². The minimum absolute atomic E-state index is 0.135. The van der Waals surface area contributed by atoms with Gasteiger partial charge in [0.2, 0.25) is 0 Å². The van der Waals surface area contributed by atoms with E-state index in [0.717, 1.165) is 22.2 Å². The minimum Gasteiger partial charge on any atom is -0.441 e. The third kappa shape index (κ3) is 3.38. The third-order valence-corrected chi connectivity index (χ3v) is 6.02. The zero-order chi connectivity index (χ0) is 24.1. The molecule has 35 heavy (non-hydrogen) atoms. The van der Waals surface area contributed by atoms with E-state index in [1.54, 1.807) is 28.4 Å². The summed E-state index contributed by atoms with van der Waals surface area (Å²) in [6, 6.07) is 11.0. The smallest absolute Gasteiger partial charge is 0.282 e. The molecule has 1 atom stereocenters. The van der Waals surface area contributed by atoms with Gasteiger partial charge in [-0.1, -0.05) is 18.2 Å².